The average molecular weight is 300 g/mol. The highest BCUT2D eigenvalue weighted by atomic mass is 32.1. The number of rotatable bonds is 2. The first-order valence-corrected chi connectivity index (χ1v) is 6.01. The number of halogens is 3. The van der Waals surface area contributed by atoms with Gasteiger partial charge in [-0.3, -0.25) is 4.98 Å². The van der Waals surface area contributed by atoms with Gasteiger partial charge in [-0.05, 0) is 19.9 Å². The molecule has 0 aliphatic rings. The van der Waals surface area contributed by atoms with Crippen molar-refractivity contribution in [3.05, 3.63) is 41.0 Å². The molecular formula is C12H11F3N4S. The van der Waals surface area contributed by atoms with Crippen molar-refractivity contribution in [2.24, 2.45) is 5.73 Å². The van der Waals surface area contributed by atoms with E-state index in [4.69, 9.17) is 18.0 Å². The molecule has 0 saturated carbocycles. The third-order valence-corrected chi connectivity index (χ3v) is 2.91. The average Bonchev–Trinajstić information content (AvgIpc) is 2.75. The molecule has 0 aliphatic carbocycles. The topological polar surface area (TPSA) is 56.7 Å². The van der Waals surface area contributed by atoms with Crippen LogP contribution in [0.3, 0.4) is 0 Å². The lowest BCUT2D eigenvalue weighted by molar-refractivity contribution is -0.137. The number of aromatic nitrogens is 3. The number of pyridine rings is 1. The van der Waals surface area contributed by atoms with E-state index >= 15 is 0 Å². The van der Waals surface area contributed by atoms with E-state index in [9.17, 15) is 13.2 Å². The van der Waals surface area contributed by atoms with E-state index in [-0.39, 0.29) is 4.99 Å². The quantitative estimate of drug-likeness (QED) is 0.866. The van der Waals surface area contributed by atoms with E-state index in [1.54, 1.807) is 19.9 Å². The van der Waals surface area contributed by atoms with E-state index in [1.807, 2.05) is 0 Å². The molecule has 0 saturated heterocycles. The molecule has 0 radical (unpaired) electrons. The SMILES string of the molecule is Cc1cc(-n2cc(C(F)(F)F)cn2)c(C(N)=S)c(C)n1. The summed E-state index contributed by atoms with van der Waals surface area (Å²) in [5.74, 6) is 0. The first-order valence-electron chi connectivity index (χ1n) is 5.60. The zero-order valence-corrected chi connectivity index (χ0v) is 11.5. The van der Waals surface area contributed by atoms with Gasteiger partial charge < -0.3 is 5.73 Å². The van der Waals surface area contributed by atoms with Crippen molar-refractivity contribution in [1.82, 2.24) is 14.8 Å². The summed E-state index contributed by atoms with van der Waals surface area (Å²) < 4.78 is 39.0. The lowest BCUT2D eigenvalue weighted by Crippen LogP contribution is -2.17. The molecule has 0 bridgehead atoms. The van der Waals surface area contributed by atoms with Gasteiger partial charge in [0, 0.05) is 17.6 Å². The highest BCUT2D eigenvalue weighted by molar-refractivity contribution is 7.80. The maximum Gasteiger partial charge on any atom is 0.419 e. The molecule has 106 valence electrons. The Morgan fingerprint density at radius 2 is 2.00 bits per heavy atom. The number of thiocarbonyl (C=S) groups is 1. The van der Waals surface area contributed by atoms with Crippen molar-refractivity contribution < 1.29 is 13.2 Å². The molecule has 0 spiro atoms. The number of hydrogen-bond donors (Lipinski definition) is 1. The van der Waals surface area contributed by atoms with Gasteiger partial charge in [0.15, 0.2) is 0 Å². The number of nitrogens with zero attached hydrogens (tertiary/aromatic N) is 3. The van der Waals surface area contributed by atoms with Gasteiger partial charge in [-0.25, -0.2) is 4.68 Å². The van der Waals surface area contributed by atoms with Crippen LogP contribution >= 0.6 is 12.2 Å². The van der Waals surface area contributed by atoms with Crippen molar-refractivity contribution >= 4 is 17.2 Å². The second kappa shape index (κ2) is 4.86. The van der Waals surface area contributed by atoms with Crippen molar-refractivity contribution in [2.45, 2.75) is 20.0 Å². The van der Waals surface area contributed by atoms with Crippen LogP contribution in [0.15, 0.2) is 18.5 Å². The molecule has 0 unspecified atom stereocenters. The Kier molecular flexibility index (Phi) is 3.51. The van der Waals surface area contributed by atoms with Crippen LogP contribution in [-0.4, -0.2) is 19.8 Å². The highest BCUT2D eigenvalue weighted by Gasteiger charge is 2.32. The van der Waals surface area contributed by atoms with Crippen LogP contribution in [0.5, 0.6) is 0 Å². The summed E-state index contributed by atoms with van der Waals surface area (Å²) in [6.07, 6.45) is -2.79. The third kappa shape index (κ3) is 2.64. The molecule has 4 nitrogen and oxygen atoms in total. The number of hydrogen-bond acceptors (Lipinski definition) is 3. The molecule has 2 heterocycles. The van der Waals surface area contributed by atoms with Gasteiger partial charge in [0.2, 0.25) is 0 Å². The number of aryl methyl sites for hydroxylation is 2. The van der Waals surface area contributed by atoms with Gasteiger partial charge in [0.05, 0.1) is 23.0 Å². The minimum atomic E-state index is -4.45. The van der Waals surface area contributed by atoms with E-state index in [0.717, 1.165) is 17.1 Å². The van der Waals surface area contributed by atoms with Crippen LogP contribution in [-0.2, 0) is 6.18 Å². The van der Waals surface area contributed by atoms with E-state index < -0.39 is 11.7 Å². The van der Waals surface area contributed by atoms with Crippen LogP contribution in [0.1, 0.15) is 22.5 Å². The first-order chi connectivity index (χ1) is 9.20. The van der Waals surface area contributed by atoms with Gasteiger partial charge in [-0.1, -0.05) is 12.2 Å². The Morgan fingerprint density at radius 3 is 2.50 bits per heavy atom. The molecule has 2 N–H and O–H groups in total. The molecule has 20 heavy (non-hydrogen) atoms. The van der Waals surface area contributed by atoms with Crippen LogP contribution < -0.4 is 5.73 Å². The zero-order chi connectivity index (χ0) is 15.1. The first kappa shape index (κ1) is 14.4. The lowest BCUT2D eigenvalue weighted by Gasteiger charge is -2.12. The molecule has 0 amide bonds. The molecule has 0 fully saturated rings. The molecule has 2 rings (SSSR count). The summed E-state index contributed by atoms with van der Waals surface area (Å²) in [4.78, 5) is 4.27. The monoisotopic (exact) mass is 300 g/mol. The summed E-state index contributed by atoms with van der Waals surface area (Å²) in [5, 5.41) is 3.73. The summed E-state index contributed by atoms with van der Waals surface area (Å²) in [6, 6.07) is 1.59. The van der Waals surface area contributed by atoms with Crippen molar-refractivity contribution in [3.8, 4) is 5.69 Å². The third-order valence-electron chi connectivity index (χ3n) is 2.71. The van der Waals surface area contributed by atoms with Crippen molar-refractivity contribution in [2.75, 3.05) is 0 Å². The summed E-state index contributed by atoms with van der Waals surface area (Å²) in [6.45, 7) is 3.42. The van der Waals surface area contributed by atoms with Crippen LogP contribution in [0.4, 0.5) is 13.2 Å². The number of alkyl halides is 3. The van der Waals surface area contributed by atoms with Gasteiger partial charge in [0.25, 0.3) is 0 Å². The fourth-order valence-electron chi connectivity index (χ4n) is 1.89. The van der Waals surface area contributed by atoms with Crippen LogP contribution in [0.2, 0.25) is 0 Å². The molecule has 2 aromatic heterocycles. The smallest absolute Gasteiger partial charge is 0.389 e. The Balaban J connectivity index is 2.63. The normalized spacial score (nSPS) is 11.7. The fourth-order valence-corrected chi connectivity index (χ4v) is 2.15. The molecule has 0 aromatic carbocycles. The van der Waals surface area contributed by atoms with Gasteiger partial charge in [-0.15, -0.1) is 0 Å². The maximum atomic E-state index is 12.6. The van der Waals surface area contributed by atoms with Crippen LogP contribution in [0, 0.1) is 13.8 Å². The summed E-state index contributed by atoms with van der Waals surface area (Å²) in [7, 11) is 0. The van der Waals surface area contributed by atoms with Crippen LogP contribution in [0.25, 0.3) is 5.69 Å². The summed E-state index contributed by atoms with van der Waals surface area (Å²) >= 11 is 4.93. The van der Waals surface area contributed by atoms with Crippen molar-refractivity contribution in [3.63, 3.8) is 0 Å². The summed E-state index contributed by atoms with van der Waals surface area (Å²) in [5.41, 5.74) is 6.79. The van der Waals surface area contributed by atoms with E-state index in [1.165, 1.54) is 0 Å². The predicted octanol–water partition coefficient (Wildman–Crippen LogP) is 2.54. The Labute approximate surface area is 118 Å². The molecular weight excluding hydrogens is 289 g/mol. The number of nitrogens with two attached hydrogens (primary N) is 1. The largest absolute Gasteiger partial charge is 0.419 e. The second-order valence-electron chi connectivity index (χ2n) is 4.28. The molecule has 2 aromatic rings. The Hall–Kier alpha value is -1.96. The van der Waals surface area contributed by atoms with E-state index in [2.05, 4.69) is 10.1 Å². The Morgan fingerprint density at radius 1 is 1.35 bits per heavy atom. The lowest BCUT2D eigenvalue weighted by atomic mass is 10.1. The van der Waals surface area contributed by atoms with Gasteiger partial charge >= 0.3 is 6.18 Å². The van der Waals surface area contributed by atoms with Crippen molar-refractivity contribution in [1.29, 1.82) is 0 Å². The maximum absolute atomic E-state index is 12.6. The standard InChI is InChI=1S/C12H11F3N4S/c1-6-3-9(10(11(16)20)7(2)18-6)19-5-8(4-17-19)12(13,14)15/h3-5H,1-2H3,(H2,16,20). The molecule has 0 aliphatic heterocycles. The minimum Gasteiger partial charge on any atom is -0.389 e. The van der Waals surface area contributed by atoms with Gasteiger partial charge in [0.1, 0.15) is 4.99 Å². The van der Waals surface area contributed by atoms with Gasteiger partial charge in [-0.2, -0.15) is 18.3 Å². The predicted molar refractivity (Wildman–Crippen MR) is 71.7 cm³/mol. The molecule has 8 heteroatoms. The van der Waals surface area contributed by atoms with E-state index in [0.29, 0.717) is 22.6 Å². The minimum absolute atomic E-state index is 0.0639. The Bertz CT molecular complexity index is 676. The fraction of sp³-hybridized carbons (Fsp3) is 0.250. The molecule has 0 atom stereocenters. The highest BCUT2D eigenvalue weighted by Crippen LogP contribution is 2.29. The second-order valence-corrected chi connectivity index (χ2v) is 4.72. The zero-order valence-electron chi connectivity index (χ0n) is 10.7.